The number of nitrogens with zero attached hydrogens (tertiary/aromatic N) is 2. The van der Waals surface area contributed by atoms with E-state index >= 15 is 0 Å². The SMILES string of the molecule is Cc1cccc(-c2nnc(S[C@@H](C)C(=O)NCc3cccs3)o2)c1. The van der Waals surface area contributed by atoms with Crippen molar-refractivity contribution in [3.8, 4) is 11.5 Å². The van der Waals surface area contributed by atoms with Gasteiger partial charge in [0.25, 0.3) is 5.22 Å². The van der Waals surface area contributed by atoms with Crippen molar-refractivity contribution < 1.29 is 9.21 Å². The molecule has 2 heterocycles. The summed E-state index contributed by atoms with van der Waals surface area (Å²) in [6, 6.07) is 11.8. The molecule has 1 amide bonds. The molecule has 3 rings (SSSR count). The topological polar surface area (TPSA) is 68.0 Å². The van der Waals surface area contributed by atoms with Crippen LogP contribution >= 0.6 is 23.1 Å². The van der Waals surface area contributed by atoms with Gasteiger partial charge in [0.05, 0.1) is 11.8 Å². The maximum Gasteiger partial charge on any atom is 0.277 e. The van der Waals surface area contributed by atoms with Gasteiger partial charge in [-0.1, -0.05) is 35.5 Å². The van der Waals surface area contributed by atoms with Gasteiger partial charge in [0.15, 0.2) is 0 Å². The molecule has 24 heavy (non-hydrogen) atoms. The van der Waals surface area contributed by atoms with Gasteiger partial charge in [0.2, 0.25) is 11.8 Å². The first kappa shape index (κ1) is 16.7. The molecule has 1 aromatic carbocycles. The van der Waals surface area contributed by atoms with Gasteiger partial charge in [0.1, 0.15) is 0 Å². The van der Waals surface area contributed by atoms with E-state index in [1.807, 2.05) is 55.6 Å². The number of aryl methyl sites for hydroxylation is 1. The molecule has 0 bridgehead atoms. The van der Waals surface area contributed by atoms with Crippen molar-refractivity contribution in [3.05, 3.63) is 52.2 Å². The lowest BCUT2D eigenvalue weighted by molar-refractivity contribution is -0.120. The Balaban J connectivity index is 1.58. The fourth-order valence-electron chi connectivity index (χ4n) is 2.09. The first-order valence-corrected chi connectivity index (χ1v) is 9.25. The molecule has 124 valence electrons. The van der Waals surface area contributed by atoms with E-state index < -0.39 is 0 Å². The van der Waals surface area contributed by atoms with E-state index in [1.165, 1.54) is 11.8 Å². The molecule has 0 saturated carbocycles. The van der Waals surface area contributed by atoms with Gasteiger partial charge in [-0.05, 0) is 37.4 Å². The molecule has 0 unspecified atom stereocenters. The summed E-state index contributed by atoms with van der Waals surface area (Å²) in [4.78, 5) is 13.3. The number of amides is 1. The zero-order chi connectivity index (χ0) is 16.9. The Labute approximate surface area is 148 Å². The Morgan fingerprint density at radius 3 is 2.96 bits per heavy atom. The Kier molecular flexibility index (Phi) is 5.32. The van der Waals surface area contributed by atoms with E-state index in [2.05, 4.69) is 15.5 Å². The van der Waals surface area contributed by atoms with Gasteiger partial charge >= 0.3 is 0 Å². The highest BCUT2D eigenvalue weighted by Gasteiger charge is 2.18. The van der Waals surface area contributed by atoms with Crippen molar-refractivity contribution >= 4 is 29.0 Å². The van der Waals surface area contributed by atoms with Crippen molar-refractivity contribution in [2.45, 2.75) is 30.9 Å². The Morgan fingerprint density at radius 1 is 1.33 bits per heavy atom. The van der Waals surface area contributed by atoms with Crippen LogP contribution in [-0.2, 0) is 11.3 Å². The van der Waals surface area contributed by atoms with Crippen molar-refractivity contribution in [1.82, 2.24) is 15.5 Å². The second kappa shape index (κ2) is 7.63. The minimum Gasteiger partial charge on any atom is -0.411 e. The van der Waals surface area contributed by atoms with Crippen LogP contribution in [0, 0.1) is 6.92 Å². The van der Waals surface area contributed by atoms with Crippen LogP contribution in [0.15, 0.2) is 51.4 Å². The van der Waals surface area contributed by atoms with E-state index in [-0.39, 0.29) is 11.2 Å². The summed E-state index contributed by atoms with van der Waals surface area (Å²) >= 11 is 2.88. The number of nitrogens with one attached hydrogen (secondary N) is 1. The van der Waals surface area contributed by atoms with E-state index in [4.69, 9.17) is 4.42 Å². The first-order chi connectivity index (χ1) is 11.6. The third-order valence-corrected chi connectivity index (χ3v) is 5.15. The van der Waals surface area contributed by atoms with Crippen LogP contribution in [0.2, 0.25) is 0 Å². The van der Waals surface area contributed by atoms with Gasteiger partial charge in [-0.15, -0.1) is 21.5 Å². The average molecular weight is 359 g/mol. The molecule has 5 nitrogen and oxygen atoms in total. The number of thioether (sulfide) groups is 1. The predicted molar refractivity (Wildman–Crippen MR) is 96.0 cm³/mol. The number of hydrogen-bond acceptors (Lipinski definition) is 6. The van der Waals surface area contributed by atoms with Gasteiger partial charge < -0.3 is 9.73 Å². The van der Waals surface area contributed by atoms with Crippen molar-refractivity contribution in [2.24, 2.45) is 0 Å². The largest absolute Gasteiger partial charge is 0.411 e. The highest BCUT2D eigenvalue weighted by molar-refractivity contribution is 8.00. The van der Waals surface area contributed by atoms with Crippen molar-refractivity contribution in [3.63, 3.8) is 0 Å². The van der Waals surface area contributed by atoms with E-state index in [9.17, 15) is 4.79 Å². The Bertz CT molecular complexity index is 815. The summed E-state index contributed by atoms with van der Waals surface area (Å²) in [7, 11) is 0. The van der Waals surface area contributed by atoms with Gasteiger partial charge in [-0.2, -0.15) is 0 Å². The lowest BCUT2D eigenvalue weighted by Crippen LogP contribution is -2.30. The molecule has 0 fully saturated rings. The van der Waals surface area contributed by atoms with Gasteiger partial charge in [0, 0.05) is 10.4 Å². The number of rotatable bonds is 6. The Hall–Kier alpha value is -2.12. The number of carbonyl (C=O) groups is 1. The molecule has 3 aromatic rings. The van der Waals surface area contributed by atoms with E-state index in [0.717, 1.165) is 16.0 Å². The average Bonchev–Trinajstić information content (AvgIpc) is 3.24. The highest BCUT2D eigenvalue weighted by atomic mass is 32.2. The third-order valence-electron chi connectivity index (χ3n) is 3.34. The molecule has 1 atom stereocenters. The van der Waals surface area contributed by atoms with Crippen LogP contribution in [0.25, 0.3) is 11.5 Å². The summed E-state index contributed by atoms with van der Waals surface area (Å²) in [6.45, 7) is 4.38. The normalized spacial score (nSPS) is 12.1. The standard InChI is InChI=1S/C17H17N3O2S2/c1-11-5-3-6-13(9-11)16-19-20-17(22-16)24-12(2)15(21)18-10-14-7-4-8-23-14/h3-9,12H,10H2,1-2H3,(H,18,21)/t12-/m0/s1. The van der Waals surface area contributed by atoms with Crippen molar-refractivity contribution in [1.29, 1.82) is 0 Å². The smallest absolute Gasteiger partial charge is 0.277 e. The second-order valence-corrected chi connectivity index (χ2v) is 7.62. The lowest BCUT2D eigenvalue weighted by atomic mass is 10.1. The number of benzene rings is 1. The quantitative estimate of drug-likeness (QED) is 0.676. The molecule has 0 aliphatic rings. The first-order valence-electron chi connectivity index (χ1n) is 7.49. The molecule has 0 saturated heterocycles. The minimum absolute atomic E-state index is 0.0521. The Morgan fingerprint density at radius 2 is 2.21 bits per heavy atom. The van der Waals surface area contributed by atoms with Gasteiger partial charge in [-0.3, -0.25) is 4.79 Å². The summed E-state index contributed by atoms with van der Waals surface area (Å²) in [5, 5.41) is 13.1. The minimum atomic E-state index is -0.309. The zero-order valence-corrected chi connectivity index (χ0v) is 15.0. The third kappa shape index (κ3) is 4.24. The van der Waals surface area contributed by atoms with Gasteiger partial charge in [-0.25, -0.2) is 0 Å². The summed E-state index contributed by atoms with van der Waals surface area (Å²) in [6.07, 6.45) is 0. The van der Waals surface area contributed by atoms with Crippen LogP contribution in [0.4, 0.5) is 0 Å². The molecule has 0 spiro atoms. The number of thiophene rings is 1. The second-order valence-electron chi connectivity index (χ2n) is 5.30. The predicted octanol–water partition coefficient (Wildman–Crippen LogP) is 3.90. The fraction of sp³-hybridized carbons (Fsp3) is 0.235. The highest BCUT2D eigenvalue weighted by Crippen LogP contribution is 2.26. The maximum absolute atomic E-state index is 12.1. The molecule has 2 aromatic heterocycles. The fourth-order valence-corrected chi connectivity index (χ4v) is 3.44. The summed E-state index contributed by atoms with van der Waals surface area (Å²) in [5.74, 6) is 0.413. The molecule has 7 heteroatoms. The summed E-state index contributed by atoms with van der Waals surface area (Å²) < 4.78 is 5.66. The van der Waals surface area contributed by atoms with Crippen LogP contribution < -0.4 is 5.32 Å². The molecule has 0 aliphatic carbocycles. The maximum atomic E-state index is 12.1. The monoisotopic (exact) mass is 359 g/mol. The van der Waals surface area contributed by atoms with Crippen LogP contribution in [0.5, 0.6) is 0 Å². The van der Waals surface area contributed by atoms with Crippen LogP contribution in [-0.4, -0.2) is 21.4 Å². The lowest BCUT2D eigenvalue weighted by Gasteiger charge is -2.08. The molecule has 1 N–H and O–H groups in total. The van der Waals surface area contributed by atoms with Crippen molar-refractivity contribution in [2.75, 3.05) is 0 Å². The van der Waals surface area contributed by atoms with E-state index in [0.29, 0.717) is 17.7 Å². The number of carbonyl (C=O) groups excluding carboxylic acids is 1. The molecule has 0 radical (unpaired) electrons. The molecular weight excluding hydrogens is 342 g/mol. The molecule has 0 aliphatic heterocycles. The van der Waals surface area contributed by atoms with Crippen LogP contribution in [0.1, 0.15) is 17.4 Å². The van der Waals surface area contributed by atoms with Crippen LogP contribution in [0.3, 0.4) is 0 Å². The number of aromatic nitrogens is 2. The van der Waals surface area contributed by atoms with E-state index in [1.54, 1.807) is 11.3 Å². The zero-order valence-electron chi connectivity index (χ0n) is 13.4. The number of hydrogen-bond donors (Lipinski definition) is 1. The summed E-state index contributed by atoms with van der Waals surface area (Å²) in [5.41, 5.74) is 2.00. The molecular formula is C17H17N3O2S2.